The molecule has 0 saturated carbocycles. The molecule has 0 fully saturated rings. The summed E-state index contributed by atoms with van der Waals surface area (Å²) in [5.41, 5.74) is 8.73. The summed E-state index contributed by atoms with van der Waals surface area (Å²) < 4.78 is 26.7. The topological polar surface area (TPSA) is 84.2 Å². The summed E-state index contributed by atoms with van der Waals surface area (Å²) in [5, 5.41) is 3.21. The van der Waals surface area contributed by atoms with Crippen molar-refractivity contribution >= 4 is 43.0 Å². The number of sulfonamides is 1. The molecule has 0 bridgehead atoms. The molecule has 0 unspecified atom stereocenters. The molecule has 2 aromatic rings. The molecular weight excluding hydrogens is 354 g/mol. The largest absolute Gasteiger partial charge is 0.398 e. The van der Waals surface area contributed by atoms with E-state index in [0.717, 1.165) is 15.7 Å². The van der Waals surface area contributed by atoms with Gasteiger partial charge in [0.25, 0.3) is 0 Å². The van der Waals surface area contributed by atoms with E-state index in [1.54, 1.807) is 12.1 Å². The Hall–Kier alpha value is -1.57. The van der Waals surface area contributed by atoms with Gasteiger partial charge in [-0.25, -0.2) is 13.1 Å². The van der Waals surface area contributed by atoms with E-state index in [4.69, 9.17) is 5.73 Å². The number of nitrogen functional groups attached to an aromatic ring is 1. The summed E-state index contributed by atoms with van der Waals surface area (Å²) in [6.45, 7) is 1.99. The summed E-state index contributed by atoms with van der Waals surface area (Å²) in [7, 11) is -2.19. The van der Waals surface area contributed by atoms with Gasteiger partial charge in [0.05, 0.1) is 11.4 Å². The zero-order valence-corrected chi connectivity index (χ0v) is 14.0. The summed E-state index contributed by atoms with van der Waals surface area (Å²) in [6.07, 6.45) is 0. The molecule has 0 radical (unpaired) electrons. The van der Waals surface area contributed by atoms with Crippen molar-refractivity contribution in [1.29, 1.82) is 0 Å². The van der Waals surface area contributed by atoms with Gasteiger partial charge in [-0.15, -0.1) is 0 Å². The Balaban J connectivity index is 2.36. The molecule has 0 aliphatic rings. The molecule has 0 aliphatic heterocycles. The van der Waals surface area contributed by atoms with Crippen LogP contribution in [-0.4, -0.2) is 15.5 Å². The molecule has 7 heteroatoms. The number of rotatable bonds is 4. The first kappa shape index (κ1) is 15.8. The number of anilines is 3. The van der Waals surface area contributed by atoms with E-state index in [9.17, 15) is 8.42 Å². The van der Waals surface area contributed by atoms with E-state index >= 15 is 0 Å². The monoisotopic (exact) mass is 369 g/mol. The summed E-state index contributed by atoms with van der Waals surface area (Å²) in [4.78, 5) is 0.0684. The van der Waals surface area contributed by atoms with Crippen LogP contribution in [0.1, 0.15) is 5.56 Å². The van der Waals surface area contributed by atoms with Crippen LogP contribution in [0.15, 0.2) is 45.8 Å². The maximum Gasteiger partial charge on any atom is 0.242 e. The summed E-state index contributed by atoms with van der Waals surface area (Å²) in [5.74, 6) is 0. The molecule has 21 heavy (non-hydrogen) atoms. The second-order valence-corrected chi connectivity index (χ2v) is 7.17. The molecule has 0 saturated heterocycles. The van der Waals surface area contributed by atoms with E-state index in [1.807, 2.05) is 25.1 Å². The Bertz CT molecular complexity index is 776. The highest BCUT2D eigenvalue weighted by molar-refractivity contribution is 9.10. The van der Waals surface area contributed by atoms with Gasteiger partial charge in [-0.3, -0.25) is 0 Å². The van der Waals surface area contributed by atoms with Crippen molar-refractivity contribution in [1.82, 2.24) is 4.72 Å². The van der Waals surface area contributed by atoms with E-state index in [0.29, 0.717) is 5.69 Å². The van der Waals surface area contributed by atoms with Gasteiger partial charge in [-0.05, 0) is 59.7 Å². The number of halogens is 1. The Labute approximate surface area is 132 Å². The molecule has 2 rings (SSSR count). The number of nitrogens with two attached hydrogens (primary N) is 1. The zero-order valence-electron chi connectivity index (χ0n) is 11.6. The molecule has 2 aromatic carbocycles. The van der Waals surface area contributed by atoms with Crippen molar-refractivity contribution in [2.75, 3.05) is 18.1 Å². The van der Waals surface area contributed by atoms with Crippen LogP contribution < -0.4 is 15.8 Å². The lowest BCUT2D eigenvalue weighted by molar-refractivity contribution is 0.588. The van der Waals surface area contributed by atoms with Gasteiger partial charge in [0.15, 0.2) is 0 Å². The minimum Gasteiger partial charge on any atom is -0.398 e. The third-order valence-electron chi connectivity index (χ3n) is 3.04. The second kappa shape index (κ2) is 6.05. The highest BCUT2D eigenvalue weighted by Crippen LogP contribution is 2.30. The van der Waals surface area contributed by atoms with Crippen molar-refractivity contribution in [3.8, 4) is 0 Å². The van der Waals surface area contributed by atoms with Gasteiger partial charge in [0.2, 0.25) is 10.0 Å². The second-order valence-electron chi connectivity index (χ2n) is 4.52. The van der Waals surface area contributed by atoms with Crippen molar-refractivity contribution in [2.24, 2.45) is 0 Å². The van der Waals surface area contributed by atoms with Crippen LogP contribution in [0.4, 0.5) is 17.1 Å². The first-order valence-corrected chi connectivity index (χ1v) is 8.48. The van der Waals surface area contributed by atoms with E-state index in [-0.39, 0.29) is 10.6 Å². The molecule has 5 nitrogen and oxygen atoms in total. The predicted octanol–water partition coefficient (Wildman–Crippen LogP) is 2.99. The molecule has 0 aromatic heterocycles. The first-order valence-electron chi connectivity index (χ1n) is 6.20. The van der Waals surface area contributed by atoms with Gasteiger partial charge in [-0.2, -0.15) is 0 Å². The summed E-state index contributed by atoms with van der Waals surface area (Å²) in [6, 6.07) is 10.6. The van der Waals surface area contributed by atoms with Crippen LogP contribution in [-0.2, 0) is 10.0 Å². The van der Waals surface area contributed by atoms with Crippen molar-refractivity contribution in [3.63, 3.8) is 0 Å². The van der Waals surface area contributed by atoms with Crippen LogP contribution in [0, 0.1) is 6.92 Å². The van der Waals surface area contributed by atoms with Gasteiger partial charge in [0.1, 0.15) is 4.90 Å². The van der Waals surface area contributed by atoms with E-state index in [2.05, 4.69) is 26.0 Å². The molecule has 4 N–H and O–H groups in total. The first-order chi connectivity index (χ1) is 9.85. The zero-order chi connectivity index (χ0) is 15.6. The molecule has 0 amide bonds. The van der Waals surface area contributed by atoms with Gasteiger partial charge < -0.3 is 11.1 Å². The van der Waals surface area contributed by atoms with Crippen LogP contribution in [0.5, 0.6) is 0 Å². The van der Waals surface area contributed by atoms with Gasteiger partial charge >= 0.3 is 0 Å². The fraction of sp³-hybridized carbons (Fsp3) is 0.143. The highest BCUT2D eigenvalue weighted by Gasteiger charge is 2.15. The third-order valence-corrected chi connectivity index (χ3v) is 5.58. The van der Waals surface area contributed by atoms with Gasteiger partial charge in [-0.1, -0.05) is 12.1 Å². The van der Waals surface area contributed by atoms with Crippen LogP contribution in [0.25, 0.3) is 0 Å². The molecule has 0 aliphatic carbocycles. The maximum atomic E-state index is 11.8. The fourth-order valence-electron chi connectivity index (χ4n) is 1.88. The van der Waals surface area contributed by atoms with Crippen molar-refractivity contribution < 1.29 is 8.42 Å². The van der Waals surface area contributed by atoms with Crippen LogP contribution >= 0.6 is 15.9 Å². The van der Waals surface area contributed by atoms with E-state index < -0.39 is 10.0 Å². The van der Waals surface area contributed by atoms with Crippen molar-refractivity contribution in [2.45, 2.75) is 11.8 Å². The van der Waals surface area contributed by atoms with Crippen LogP contribution in [0.2, 0.25) is 0 Å². The average Bonchev–Trinajstić information content (AvgIpc) is 2.44. The van der Waals surface area contributed by atoms with Gasteiger partial charge in [0, 0.05) is 10.2 Å². The molecule has 0 spiro atoms. The molecule has 0 heterocycles. The molecule has 112 valence electrons. The Kier molecular flexibility index (Phi) is 4.55. The fourth-order valence-corrected chi connectivity index (χ4v) is 3.08. The van der Waals surface area contributed by atoms with Crippen molar-refractivity contribution in [3.05, 3.63) is 46.4 Å². The Morgan fingerprint density at radius 3 is 2.52 bits per heavy atom. The third kappa shape index (κ3) is 3.37. The predicted molar refractivity (Wildman–Crippen MR) is 89.3 cm³/mol. The number of hydrogen-bond acceptors (Lipinski definition) is 4. The minimum absolute atomic E-state index is 0.0684. The minimum atomic E-state index is -3.55. The number of benzene rings is 2. The lowest BCUT2D eigenvalue weighted by Crippen LogP contribution is -2.19. The normalized spacial score (nSPS) is 11.4. The maximum absolute atomic E-state index is 11.8. The standard InChI is InChI=1S/C14H16BrN3O2S/c1-9-4-3-5-12(14(9)15)18-10-6-7-13(11(16)8-10)21(19,20)17-2/h3-8,17-18H,16H2,1-2H3. The summed E-state index contributed by atoms with van der Waals surface area (Å²) >= 11 is 3.51. The average molecular weight is 370 g/mol. The lowest BCUT2D eigenvalue weighted by Gasteiger charge is -2.12. The molecular formula is C14H16BrN3O2S. The number of nitrogens with one attached hydrogen (secondary N) is 2. The SMILES string of the molecule is CNS(=O)(=O)c1ccc(Nc2cccc(C)c2Br)cc1N. The van der Waals surface area contributed by atoms with E-state index in [1.165, 1.54) is 13.1 Å². The number of aryl methyl sites for hydroxylation is 1. The number of hydrogen-bond donors (Lipinski definition) is 3. The van der Waals surface area contributed by atoms with Crippen LogP contribution in [0.3, 0.4) is 0 Å². The smallest absolute Gasteiger partial charge is 0.242 e. The highest BCUT2D eigenvalue weighted by atomic mass is 79.9. The Morgan fingerprint density at radius 1 is 1.19 bits per heavy atom. The quantitative estimate of drug-likeness (QED) is 0.723. The lowest BCUT2D eigenvalue weighted by atomic mass is 10.2. The molecule has 0 atom stereocenters. The Morgan fingerprint density at radius 2 is 1.90 bits per heavy atom.